The molecule has 19 heavy (non-hydrogen) atoms. The normalized spacial score (nSPS) is 13.4. The Labute approximate surface area is 110 Å². The molecule has 0 unspecified atom stereocenters. The van der Waals surface area contributed by atoms with Crippen LogP contribution in [0.2, 0.25) is 0 Å². The summed E-state index contributed by atoms with van der Waals surface area (Å²) in [5.74, 6) is 0.304. The van der Waals surface area contributed by atoms with Crippen molar-refractivity contribution in [3.8, 4) is 0 Å². The van der Waals surface area contributed by atoms with Crippen LogP contribution in [0, 0.1) is 11.2 Å². The molecule has 1 aromatic heterocycles. The van der Waals surface area contributed by atoms with Gasteiger partial charge in [0.1, 0.15) is 17.5 Å². The number of rotatable bonds is 2. The molecule has 0 saturated carbocycles. The van der Waals surface area contributed by atoms with Crippen LogP contribution in [-0.2, 0) is 6.42 Å². The first kappa shape index (κ1) is 11.6. The van der Waals surface area contributed by atoms with Crippen LogP contribution in [0.5, 0.6) is 0 Å². The Bertz CT molecular complexity index is 654. The van der Waals surface area contributed by atoms with Gasteiger partial charge in [-0.25, -0.2) is 9.37 Å². The zero-order valence-electron chi connectivity index (χ0n) is 10.2. The van der Waals surface area contributed by atoms with E-state index in [-0.39, 0.29) is 11.7 Å². The lowest BCUT2D eigenvalue weighted by molar-refractivity contribution is 0.628. The predicted octanol–water partition coefficient (Wildman–Crippen LogP) is 2.20. The molecule has 1 aromatic carbocycles. The summed E-state index contributed by atoms with van der Waals surface area (Å²) >= 11 is 0. The summed E-state index contributed by atoms with van der Waals surface area (Å²) in [6.07, 6.45) is 2.49. The second-order valence-corrected chi connectivity index (χ2v) is 4.46. The van der Waals surface area contributed by atoms with Crippen molar-refractivity contribution in [3.05, 3.63) is 53.5 Å². The SMILES string of the molecule is N=C(N)c1cccnc1N1CCc2ccc(F)cc21. The quantitative estimate of drug-likeness (QED) is 0.639. The molecule has 0 aliphatic carbocycles. The third-order valence-electron chi connectivity index (χ3n) is 3.28. The smallest absolute Gasteiger partial charge is 0.143 e. The number of amidine groups is 1. The van der Waals surface area contributed by atoms with Gasteiger partial charge in [-0.3, -0.25) is 5.41 Å². The largest absolute Gasteiger partial charge is 0.384 e. The first-order valence-corrected chi connectivity index (χ1v) is 6.02. The van der Waals surface area contributed by atoms with Gasteiger partial charge >= 0.3 is 0 Å². The number of halogens is 1. The van der Waals surface area contributed by atoms with E-state index in [0.29, 0.717) is 11.4 Å². The zero-order chi connectivity index (χ0) is 13.4. The number of aromatic nitrogens is 1. The predicted molar refractivity (Wildman–Crippen MR) is 72.4 cm³/mol. The highest BCUT2D eigenvalue weighted by atomic mass is 19.1. The van der Waals surface area contributed by atoms with Gasteiger partial charge in [-0.1, -0.05) is 6.07 Å². The summed E-state index contributed by atoms with van der Waals surface area (Å²) in [5, 5.41) is 7.60. The minimum absolute atomic E-state index is 0.0343. The Morgan fingerprint density at radius 1 is 1.37 bits per heavy atom. The van der Waals surface area contributed by atoms with Gasteiger partial charge in [0.2, 0.25) is 0 Å². The fourth-order valence-electron chi connectivity index (χ4n) is 2.39. The van der Waals surface area contributed by atoms with Crippen molar-refractivity contribution in [2.45, 2.75) is 6.42 Å². The van der Waals surface area contributed by atoms with E-state index >= 15 is 0 Å². The summed E-state index contributed by atoms with van der Waals surface area (Å²) in [6, 6.07) is 8.25. The van der Waals surface area contributed by atoms with Crippen LogP contribution in [0.25, 0.3) is 0 Å². The second-order valence-electron chi connectivity index (χ2n) is 4.46. The average Bonchev–Trinajstić information content (AvgIpc) is 2.81. The fraction of sp³-hybridized carbons (Fsp3) is 0.143. The van der Waals surface area contributed by atoms with Crippen LogP contribution >= 0.6 is 0 Å². The number of pyridine rings is 1. The van der Waals surface area contributed by atoms with Gasteiger partial charge in [0.05, 0.1) is 5.56 Å². The third kappa shape index (κ3) is 1.93. The lowest BCUT2D eigenvalue weighted by atomic mass is 10.1. The highest BCUT2D eigenvalue weighted by Gasteiger charge is 2.24. The molecule has 96 valence electrons. The van der Waals surface area contributed by atoms with E-state index in [0.717, 1.165) is 24.2 Å². The van der Waals surface area contributed by atoms with Gasteiger partial charge in [0, 0.05) is 18.4 Å². The third-order valence-corrected chi connectivity index (χ3v) is 3.28. The molecule has 1 aliphatic heterocycles. The second kappa shape index (κ2) is 4.35. The van der Waals surface area contributed by atoms with Gasteiger partial charge in [-0.2, -0.15) is 0 Å². The van der Waals surface area contributed by atoms with E-state index in [2.05, 4.69) is 4.98 Å². The minimum atomic E-state index is -0.272. The van der Waals surface area contributed by atoms with Crippen molar-refractivity contribution in [3.63, 3.8) is 0 Å². The molecule has 0 saturated heterocycles. The Kier molecular flexibility index (Phi) is 2.67. The van der Waals surface area contributed by atoms with Crippen molar-refractivity contribution < 1.29 is 4.39 Å². The number of fused-ring (bicyclic) bond motifs is 1. The molecular weight excluding hydrogens is 243 g/mol. The van der Waals surface area contributed by atoms with Crippen LogP contribution < -0.4 is 10.6 Å². The van der Waals surface area contributed by atoms with Crippen molar-refractivity contribution in [2.24, 2.45) is 5.73 Å². The standard InChI is InChI=1S/C14H13FN4/c15-10-4-3-9-5-7-19(12(9)8-10)14-11(13(16)17)2-1-6-18-14/h1-4,6,8H,5,7H2,(H3,16,17). The van der Waals surface area contributed by atoms with Crippen LogP contribution in [0.3, 0.4) is 0 Å². The average molecular weight is 256 g/mol. The highest BCUT2D eigenvalue weighted by Crippen LogP contribution is 2.35. The number of benzene rings is 1. The Morgan fingerprint density at radius 3 is 3.00 bits per heavy atom. The first-order chi connectivity index (χ1) is 9.16. The molecule has 0 bridgehead atoms. The number of nitrogens with two attached hydrogens (primary N) is 1. The number of anilines is 2. The molecule has 2 aromatic rings. The molecule has 0 radical (unpaired) electrons. The lowest BCUT2D eigenvalue weighted by Gasteiger charge is -2.20. The summed E-state index contributed by atoms with van der Waals surface area (Å²) < 4.78 is 13.4. The summed E-state index contributed by atoms with van der Waals surface area (Å²) in [4.78, 5) is 6.20. The van der Waals surface area contributed by atoms with Crippen molar-refractivity contribution in [2.75, 3.05) is 11.4 Å². The maximum atomic E-state index is 13.4. The topological polar surface area (TPSA) is 66.0 Å². The molecule has 3 rings (SSSR count). The van der Waals surface area contributed by atoms with Crippen molar-refractivity contribution >= 4 is 17.3 Å². The van der Waals surface area contributed by atoms with Crippen molar-refractivity contribution in [1.82, 2.24) is 4.98 Å². The number of nitrogen functional groups attached to an aromatic ring is 1. The first-order valence-electron chi connectivity index (χ1n) is 6.02. The molecule has 1 aliphatic rings. The molecule has 0 spiro atoms. The van der Waals surface area contributed by atoms with Gasteiger partial charge in [0.15, 0.2) is 0 Å². The number of nitrogens with zero attached hydrogens (tertiary/aromatic N) is 2. The molecule has 0 fully saturated rings. The number of hydrogen-bond acceptors (Lipinski definition) is 3. The lowest BCUT2D eigenvalue weighted by Crippen LogP contribution is -2.21. The fourth-order valence-corrected chi connectivity index (χ4v) is 2.39. The van der Waals surface area contributed by atoms with E-state index < -0.39 is 0 Å². The van der Waals surface area contributed by atoms with E-state index in [1.54, 1.807) is 24.4 Å². The van der Waals surface area contributed by atoms with Crippen molar-refractivity contribution in [1.29, 1.82) is 5.41 Å². The van der Waals surface area contributed by atoms with Crippen LogP contribution in [0.15, 0.2) is 36.5 Å². The zero-order valence-corrected chi connectivity index (χ0v) is 10.2. The summed E-state index contributed by atoms with van der Waals surface area (Å²) in [7, 11) is 0. The van der Waals surface area contributed by atoms with E-state index in [9.17, 15) is 4.39 Å². The van der Waals surface area contributed by atoms with Crippen LogP contribution in [-0.4, -0.2) is 17.4 Å². The van der Waals surface area contributed by atoms with E-state index in [4.69, 9.17) is 11.1 Å². The Morgan fingerprint density at radius 2 is 2.21 bits per heavy atom. The molecule has 0 atom stereocenters. The Hall–Kier alpha value is -2.43. The highest BCUT2D eigenvalue weighted by molar-refractivity contribution is 6.00. The van der Waals surface area contributed by atoms with Gasteiger partial charge < -0.3 is 10.6 Å². The molecule has 3 N–H and O–H groups in total. The molecule has 0 amide bonds. The molecule has 4 nitrogen and oxygen atoms in total. The summed E-state index contributed by atoms with van der Waals surface area (Å²) in [6.45, 7) is 0.718. The molecular formula is C14H13FN4. The van der Waals surface area contributed by atoms with Gasteiger partial charge in [-0.05, 0) is 36.2 Å². The molecule has 5 heteroatoms. The molecule has 2 heterocycles. The Balaban J connectivity index is 2.11. The monoisotopic (exact) mass is 256 g/mol. The maximum absolute atomic E-state index is 13.4. The van der Waals surface area contributed by atoms with Gasteiger partial charge in [-0.15, -0.1) is 0 Å². The number of hydrogen-bond donors (Lipinski definition) is 2. The number of nitrogens with one attached hydrogen (secondary N) is 1. The summed E-state index contributed by atoms with van der Waals surface area (Å²) in [5.41, 5.74) is 8.04. The van der Waals surface area contributed by atoms with Crippen LogP contribution in [0.1, 0.15) is 11.1 Å². The van der Waals surface area contributed by atoms with E-state index in [1.165, 1.54) is 12.1 Å². The van der Waals surface area contributed by atoms with E-state index in [1.807, 2.05) is 4.90 Å². The van der Waals surface area contributed by atoms with Gasteiger partial charge in [0.25, 0.3) is 0 Å². The maximum Gasteiger partial charge on any atom is 0.143 e. The minimum Gasteiger partial charge on any atom is -0.384 e. The van der Waals surface area contributed by atoms with Crippen LogP contribution in [0.4, 0.5) is 15.9 Å².